The lowest BCUT2D eigenvalue weighted by atomic mass is 10.0. The van der Waals surface area contributed by atoms with Crippen LogP contribution in [-0.2, 0) is 0 Å². The molecular weight excluding hydrogens is 338 g/mol. The van der Waals surface area contributed by atoms with E-state index in [9.17, 15) is 0 Å². The number of aryl methyl sites for hydroxylation is 1. The quantitative estimate of drug-likeness (QED) is 0.450. The summed E-state index contributed by atoms with van der Waals surface area (Å²) in [7, 11) is 0. The Morgan fingerprint density at radius 2 is 2.00 bits per heavy atom. The van der Waals surface area contributed by atoms with E-state index in [1.165, 1.54) is 5.56 Å². The van der Waals surface area contributed by atoms with Gasteiger partial charge < -0.3 is 10.3 Å². The number of hydrazine groups is 1. The van der Waals surface area contributed by atoms with Gasteiger partial charge >= 0.3 is 0 Å². The van der Waals surface area contributed by atoms with Gasteiger partial charge in [-0.1, -0.05) is 12.1 Å². The predicted molar refractivity (Wildman–Crippen MR) is 105 cm³/mol. The van der Waals surface area contributed by atoms with Crippen molar-refractivity contribution in [2.75, 3.05) is 5.32 Å². The average Bonchev–Trinajstić information content (AvgIpc) is 3.42. The van der Waals surface area contributed by atoms with E-state index in [2.05, 4.69) is 67.6 Å². The summed E-state index contributed by atoms with van der Waals surface area (Å²) in [6.45, 7) is 1.97. The number of fused-ring (bicyclic) bond motifs is 1. The Balaban J connectivity index is 1.26. The van der Waals surface area contributed by atoms with E-state index in [4.69, 9.17) is 0 Å². The fraction of sp³-hybridized carbons (Fsp3) is 0.200. The number of H-pyrrole nitrogens is 1. The van der Waals surface area contributed by atoms with Crippen molar-refractivity contribution in [2.45, 2.75) is 25.6 Å². The first-order chi connectivity index (χ1) is 13.2. The van der Waals surface area contributed by atoms with E-state index in [0.29, 0.717) is 0 Å². The molecule has 0 saturated carbocycles. The van der Waals surface area contributed by atoms with Gasteiger partial charge in [0, 0.05) is 30.5 Å². The Hall–Kier alpha value is -3.16. The summed E-state index contributed by atoms with van der Waals surface area (Å²) in [6, 6.07) is 16.9. The molecule has 4 aromatic rings. The van der Waals surface area contributed by atoms with Crippen LogP contribution in [0.1, 0.15) is 23.9 Å². The lowest BCUT2D eigenvalue weighted by Gasteiger charge is -2.13. The first kappa shape index (κ1) is 16.0. The summed E-state index contributed by atoms with van der Waals surface area (Å²) in [6.07, 6.45) is 4.83. The van der Waals surface area contributed by atoms with Crippen LogP contribution in [0.3, 0.4) is 0 Å². The molecule has 0 spiro atoms. The highest BCUT2D eigenvalue weighted by Crippen LogP contribution is 2.25. The van der Waals surface area contributed by atoms with Gasteiger partial charge in [-0.25, -0.2) is 20.5 Å². The van der Waals surface area contributed by atoms with E-state index in [1.54, 1.807) is 6.20 Å². The Labute approximate surface area is 156 Å². The minimum atomic E-state index is 0.155. The standard InChI is InChI=1S/C20H21N7/c1-13-22-17-8-5-15(11-19(17)23-13)24-20-12-18(25-26-20)14-3-6-16(7-4-14)27-10-2-9-21-27/h2-11,18,20,24-26H,12H2,1H3,(H,22,23). The van der Waals surface area contributed by atoms with Crippen LogP contribution in [0.15, 0.2) is 60.9 Å². The molecule has 27 heavy (non-hydrogen) atoms. The van der Waals surface area contributed by atoms with Crippen molar-refractivity contribution in [1.82, 2.24) is 30.6 Å². The molecule has 4 N–H and O–H groups in total. The number of aromatic amines is 1. The zero-order valence-electron chi connectivity index (χ0n) is 15.0. The molecule has 0 amide bonds. The molecular formula is C20H21N7. The van der Waals surface area contributed by atoms with Gasteiger partial charge in [-0.05, 0) is 48.9 Å². The number of aromatic nitrogens is 4. The topological polar surface area (TPSA) is 82.6 Å². The monoisotopic (exact) mass is 359 g/mol. The average molecular weight is 359 g/mol. The van der Waals surface area contributed by atoms with Crippen LogP contribution < -0.4 is 16.2 Å². The number of hydrogen-bond acceptors (Lipinski definition) is 5. The summed E-state index contributed by atoms with van der Waals surface area (Å²) in [5.74, 6) is 0.932. The number of hydrogen-bond donors (Lipinski definition) is 4. The lowest BCUT2D eigenvalue weighted by Crippen LogP contribution is -2.35. The second kappa shape index (κ2) is 6.53. The molecule has 2 aromatic heterocycles. The lowest BCUT2D eigenvalue weighted by molar-refractivity contribution is 0.564. The van der Waals surface area contributed by atoms with E-state index in [0.717, 1.165) is 34.7 Å². The van der Waals surface area contributed by atoms with Gasteiger partial charge in [0.05, 0.1) is 22.9 Å². The molecule has 2 unspecified atom stereocenters. The molecule has 7 nitrogen and oxygen atoms in total. The third kappa shape index (κ3) is 3.18. The molecule has 136 valence electrons. The normalized spacial score (nSPS) is 19.6. The van der Waals surface area contributed by atoms with Gasteiger partial charge in [0.1, 0.15) is 5.82 Å². The third-order valence-electron chi connectivity index (χ3n) is 4.91. The van der Waals surface area contributed by atoms with Crippen molar-refractivity contribution < 1.29 is 0 Å². The van der Waals surface area contributed by atoms with Crippen LogP contribution in [0, 0.1) is 6.92 Å². The molecule has 5 rings (SSSR count). The molecule has 0 bridgehead atoms. The molecule has 7 heteroatoms. The first-order valence-corrected chi connectivity index (χ1v) is 9.08. The maximum atomic E-state index is 4.45. The largest absolute Gasteiger partial charge is 0.369 e. The van der Waals surface area contributed by atoms with E-state index in [-0.39, 0.29) is 12.2 Å². The first-order valence-electron chi connectivity index (χ1n) is 9.08. The summed E-state index contributed by atoms with van der Waals surface area (Å²) >= 11 is 0. The zero-order chi connectivity index (χ0) is 18.2. The van der Waals surface area contributed by atoms with Crippen molar-refractivity contribution in [2.24, 2.45) is 0 Å². The molecule has 1 aliphatic rings. The summed E-state index contributed by atoms with van der Waals surface area (Å²) in [5.41, 5.74) is 12.2. The van der Waals surface area contributed by atoms with Crippen LogP contribution in [0.4, 0.5) is 5.69 Å². The van der Waals surface area contributed by atoms with Crippen molar-refractivity contribution in [3.05, 3.63) is 72.3 Å². The van der Waals surface area contributed by atoms with Crippen molar-refractivity contribution >= 4 is 16.7 Å². The van der Waals surface area contributed by atoms with Crippen molar-refractivity contribution in [3.8, 4) is 5.69 Å². The molecule has 0 aliphatic carbocycles. The number of imidazole rings is 1. The highest BCUT2D eigenvalue weighted by Gasteiger charge is 2.24. The second-order valence-electron chi connectivity index (χ2n) is 6.87. The summed E-state index contributed by atoms with van der Waals surface area (Å²) < 4.78 is 1.86. The highest BCUT2D eigenvalue weighted by atomic mass is 15.5. The van der Waals surface area contributed by atoms with Crippen molar-refractivity contribution in [3.63, 3.8) is 0 Å². The maximum Gasteiger partial charge on any atom is 0.104 e. The molecule has 3 heterocycles. The smallest absolute Gasteiger partial charge is 0.104 e. The van der Waals surface area contributed by atoms with Crippen molar-refractivity contribution in [1.29, 1.82) is 0 Å². The predicted octanol–water partition coefficient (Wildman–Crippen LogP) is 3.03. The van der Waals surface area contributed by atoms with Crippen LogP contribution in [0.25, 0.3) is 16.7 Å². The molecule has 2 aromatic carbocycles. The van der Waals surface area contributed by atoms with Gasteiger partial charge in [0.15, 0.2) is 0 Å². The number of anilines is 1. The number of rotatable bonds is 4. The van der Waals surface area contributed by atoms with Crippen LogP contribution in [0.5, 0.6) is 0 Å². The minimum Gasteiger partial charge on any atom is -0.369 e. The number of benzene rings is 2. The Kier molecular flexibility index (Phi) is 3.88. The molecule has 1 fully saturated rings. The molecule has 1 saturated heterocycles. The summed E-state index contributed by atoms with van der Waals surface area (Å²) in [4.78, 5) is 7.73. The van der Waals surface area contributed by atoms with Crippen LogP contribution in [-0.4, -0.2) is 25.9 Å². The van der Waals surface area contributed by atoms with Crippen LogP contribution in [0.2, 0.25) is 0 Å². The van der Waals surface area contributed by atoms with Gasteiger partial charge in [-0.15, -0.1) is 0 Å². The van der Waals surface area contributed by atoms with E-state index < -0.39 is 0 Å². The van der Waals surface area contributed by atoms with Gasteiger partial charge in [0.25, 0.3) is 0 Å². The van der Waals surface area contributed by atoms with Gasteiger partial charge in [-0.3, -0.25) is 0 Å². The van der Waals surface area contributed by atoms with Gasteiger partial charge in [0.2, 0.25) is 0 Å². The second-order valence-corrected chi connectivity index (χ2v) is 6.87. The number of nitrogens with zero attached hydrogens (tertiary/aromatic N) is 3. The van der Waals surface area contributed by atoms with Gasteiger partial charge in [-0.2, -0.15) is 5.10 Å². The Bertz CT molecular complexity index is 1050. The Morgan fingerprint density at radius 1 is 1.11 bits per heavy atom. The highest BCUT2D eigenvalue weighted by molar-refractivity contribution is 5.79. The maximum absolute atomic E-state index is 4.45. The van der Waals surface area contributed by atoms with E-state index in [1.807, 2.05) is 29.9 Å². The summed E-state index contributed by atoms with van der Waals surface area (Å²) in [5, 5.41) is 7.81. The number of nitrogens with one attached hydrogen (secondary N) is 4. The zero-order valence-corrected chi connectivity index (χ0v) is 15.0. The Morgan fingerprint density at radius 3 is 2.81 bits per heavy atom. The van der Waals surface area contributed by atoms with E-state index >= 15 is 0 Å². The molecule has 2 atom stereocenters. The molecule has 1 aliphatic heterocycles. The fourth-order valence-corrected chi connectivity index (χ4v) is 3.58. The van der Waals surface area contributed by atoms with Crippen LogP contribution >= 0.6 is 0 Å². The fourth-order valence-electron chi connectivity index (χ4n) is 3.58. The third-order valence-corrected chi connectivity index (χ3v) is 4.91. The minimum absolute atomic E-state index is 0.155. The SMILES string of the molecule is Cc1nc2ccc(NC3CC(c4ccc(-n5cccn5)cc4)NN3)cc2[nH]1. The molecule has 0 radical (unpaired) electrons.